The van der Waals surface area contributed by atoms with Gasteiger partial charge in [0.25, 0.3) is 0 Å². The fourth-order valence-corrected chi connectivity index (χ4v) is 3.44. The van der Waals surface area contributed by atoms with Crippen LogP contribution in [0.3, 0.4) is 0 Å². The summed E-state index contributed by atoms with van der Waals surface area (Å²) in [5.74, 6) is 0.150. The average Bonchev–Trinajstić information content (AvgIpc) is 3.16. The number of nitrogens with zero attached hydrogens (tertiary/aromatic N) is 2. The van der Waals surface area contributed by atoms with Crippen molar-refractivity contribution >= 4 is 12.1 Å². The minimum absolute atomic E-state index is 0.0277. The lowest BCUT2D eigenvalue weighted by atomic mass is 10.1. The maximum absolute atomic E-state index is 12.2. The van der Waals surface area contributed by atoms with Crippen molar-refractivity contribution in [2.75, 3.05) is 33.2 Å². The van der Waals surface area contributed by atoms with Gasteiger partial charge in [-0.05, 0) is 56.8 Å². The van der Waals surface area contributed by atoms with E-state index >= 15 is 0 Å². The van der Waals surface area contributed by atoms with Crippen molar-refractivity contribution in [3.05, 3.63) is 29.8 Å². The van der Waals surface area contributed by atoms with E-state index in [0.29, 0.717) is 25.3 Å². The average molecular weight is 375 g/mol. The van der Waals surface area contributed by atoms with E-state index in [2.05, 4.69) is 4.90 Å². The Morgan fingerprint density at radius 3 is 2.37 bits per heavy atom. The first-order valence-corrected chi connectivity index (χ1v) is 9.71. The number of amides is 1. The molecular weight excluding hydrogens is 346 g/mol. The molecular formula is C20H29N3O4. The molecule has 7 nitrogen and oxygen atoms in total. The number of benzene rings is 1. The summed E-state index contributed by atoms with van der Waals surface area (Å²) in [6, 6.07) is 6.45. The molecule has 0 spiro atoms. The van der Waals surface area contributed by atoms with Gasteiger partial charge >= 0.3 is 12.1 Å². The number of likely N-dealkylation sites (N-methyl/N-ethyl adjacent to an activating group) is 1. The normalized spacial score (nSPS) is 19.7. The molecule has 0 radical (unpaired) electrons. The molecule has 1 aliphatic carbocycles. The molecule has 0 aromatic heterocycles. The van der Waals surface area contributed by atoms with E-state index < -0.39 is 6.04 Å². The predicted molar refractivity (Wildman–Crippen MR) is 102 cm³/mol. The Balaban J connectivity index is 1.46. The molecule has 1 amide bonds. The van der Waals surface area contributed by atoms with E-state index in [1.807, 2.05) is 19.2 Å². The summed E-state index contributed by atoms with van der Waals surface area (Å²) in [6.45, 7) is 3.04. The molecule has 1 heterocycles. The van der Waals surface area contributed by atoms with Gasteiger partial charge in [0.2, 0.25) is 0 Å². The molecule has 27 heavy (non-hydrogen) atoms. The second-order valence-electron chi connectivity index (χ2n) is 7.46. The van der Waals surface area contributed by atoms with Crippen LogP contribution < -0.4 is 10.5 Å². The van der Waals surface area contributed by atoms with Crippen LogP contribution in [0.1, 0.15) is 31.2 Å². The summed E-state index contributed by atoms with van der Waals surface area (Å²) in [6.07, 6.45) is 4.20. The maximum Gasteiger partial charge on any atom is 0.415 e. The van der Waals surface area contributed by atoms with Crippen LogP contribution >= 0.6 is 0 Å². The van der Waals surface area contributed by atoms with Crippen LogP contribution in [0.25, 0.3) is 0 Å². The van der Waals surface area contributed by atoms with Gasteiger partial charge in [0.15, 0.2) is 0 Å². The van der Waals surface area contributed by atoms with E-state index in [1.165, 1.54) is 0 Å². The van der Waals surface area contributed by atoms with Gasteiger partial charge in [-0.15, -0.1) is 0 Å². The number of carbonyl (C=O) groups is 2. The first-order chi connectivity index (χ1) is 13.0. The molecule has 3 rings (SSSR count). The zero-order valence-corrected chi connectivity index (χ0v) is 15.9. The van der Waals surface area contributed by atoms with Gasteiger partial charge < -0.3 is 25.0 Å². The second-order valence-corrected chi connectivity index (χ2v) is 7.46. The monoisotopic (exact) mass is 375 g/mol. The molecule has 1 aromatic carbocycles. The van der Waals surface area contributed by atoms with Gasteiger partial charge in [0.1, 0.15) is 17.9 Å². The SMILES string of the molecule is CN1CCN(C(=O)Oc2ccc(C[C@H](N)C(=O)OC3CCCC3)cc2)CC1. The standard InChI is InChI=1S/C20H29N3O4/c1-22-10-12-23(13-11-22)20(25)27-17-8-6-15(7-9-17)14-18(21)19(24)26-16-4-2-3-5-16/h6-9,16,18H,2-5,10-14,21H2,1H3/t18-/m0/s1. The van der Waals surface area contributed by atoms with E-state index in [-0.39, 0.29) is 18.2 Å². The third-order valence-electron chi connectivity index (χ3n) is 5.23. The highest BCUT2D eigenvalue weighted by molar-refractivity contribution is 5.76. The van der Waals surface area contributed by atoms with E-state index in [1.54, 1.807) is 17.0 Å². The largest absolute Gasteiger partial charge is 0.461 e. The molecule has 1 atom stereocenters. The Morgan fingerprint density at radius 1 is 1.11 bits per heavy atom. The summed E-state index contributed by atoms with van der Waals surface area (Å²) >= 11 is 0. The van der Waals surface area contributed by atoms with Crippen LogP contribution in [0.4, 0.5) is 4.79 Å². The summed E-state index contributed by atoms with van der Waals surface area (Å²) < 4.78 is 10.9. The Morgan fingerprint density at radius 2 is 1.74 bits per heavy atom. The topological polar surface area (TPSA) is 85.1 Å². The molecule has 1 saturated carbocycles. The van der Waals surface area contributed by atoms with Gasteiger partial charge in [0, 0.05) is 26.2 Å². The number of piperazine rings is 1. The number of hydrogen-bond donors (Lipinski definition) is 1. The van der Waals surface area contributed by atoms with Crippen molar-refractivity contribution in [1.82, 2.24) is 9.80 Å². The lowest BCUT2D eigenvalue weighted by molar-refractivity contribution is -0.150. The van der Waals surface area contributed by atoms with E-state index in [0.717, 1.165) is 44.3 Å². The number of rotatable bonds is 5. The number of carbonyl (C=O) groups excluding carboxylic acids is 2. The number of ether oxygens (including phenoxy) is 2. The van der Waals surface area contributed by atoms with Crippen LogP contribution in [-0.2, 0) is 16.0 Å². The molecule has 1 saturated heterocycles. The minimum atomic E-state index is -0.677. The molecule has 0 unspecified atom stereocenters. The van der Waals surface area contributed by atoms with Crippen LogP contribution in [0.15, 0.2) is 24.3 Å². The fraction of sp³-hybridized carbons (Fsp3) is 0.600. The zero-order valence-electron chi connectivity index (χ0n) is 15.9. The summed E-state index contributed by atoms with van der Waals surface area (Å²) in [4.78, 5) is 28.2. The highest BCUT2D eigenvalue weighted by Crippen LogP contribution is 2.21. The Bertz CT molecular complexity index is 635. The zero-order chi connectivity index (χ0) is 19.2. The Kier molecular flexibility index (Phi) is 6.68. The first kappa shape index (κ1) is 19.6. The summed E-state index contributed by atoms with van der Waals surface area (Å²) in [7, 11) is 2.04. The predicted octanol–water partition coefficient (Wildman–Crippen LogP) is 1.79. The van der Waals surface area contributed by atoms with Crippen molar-refractivity contribution in [3.63, 3.8) is 0 Å². The minimum Gasteiger partial charge on any atom is -0.461 e. The van der Waals surface area contributed by atoms with Crippen LogP contribution in [0, 0.1) is 0 Å². The van der Waals surface area contributed by atoms with Gasteiger partial charge in [-0.3, -0.25) is 4.79 Å². The highest BCUT2D eigenvalue weighted by atomic mass is 16.6. The van der Waals surface area contributed by atoms with Crippen LogP contribution in [-0.4, -0.2) is 67.2 Å². The third-order valence-corrected chi connectivity index (χ3v) is 5.23. The van der Waals surface area contributed by atoms with Crippen LogP contribution in [0.5, 0.6) is 5.75 Å². The molecule has 2 aliphatic rings. The highest BCUT2D eigenvalue weighted by Gasteiger charge is 2.24. The molecule has 1 aromatic rings. The molecule has 2 fully saturated rings. The van der Waals surface area contributed by atoms with Crippen molar-refractivity contribution < 1.29 is 19.1 Å². The third kappa shape index (κ3) is 5.68. The van der Waals surface area contributed by atoms with Gasteiger partial charge in [0.05, 0.1) is 0 Å². The van der Waals surface area contributed by atoms with Crippen molar-refractivity contribution in [1.29, 1.82) is 0 Å². The van der Waals surface area contributed by atoms with E-state index in [9.17, 15) is 9.59 Å². The molecule has 2 N–H and O–H groups in total. The number of esters is 1. The number of nitrogens with two attached hydrogens (primary N) is 1. The van der Waals surface area contributed by atoms with Gasteiger partial charge in [-0.2, -0.15) is 0 Å². The fourth-order valence-electron chi connectivity index (χ4n) is 3.44. The van der Waals surface area contributed by atoms with Crippen molar-refractivity contribution in [2.24, 2.45) is 5.73 Å². The van der Waals surface area contributed by atoms with Gasteiger partial charge in [-0.1, -0.05) is 12.1 Å². The Labute approximate surface area is 160 Å². The van der Waals surface area contributed by atoms with Crippen molar-refractivity contribution in [3.8, 4) is 5.75 Å². The van der Waals surface area contributed by atoms with Gasteiger partial charge in [-0.25, -0.2) is 4.79 Å². The molecule has 1 aliphatic heterocycles. The van der Waals surface area contributed by atoms with Crippen LogP contribution in [0.2, 0.25) is 0 Å². The van der Waals surface area contributed by atoms with Crippen molar-refractivity contribution in [2.45, 2.75) is 44.2 Å². The lowest BCUT2D eigenvalue weighted by Gasteiger charge is -2.31. The van der Waals surface area contributed by atoms with E-state index in [4.69, 9.17) is 15.2 Å². The first-order valence-electron chi connectivity index (χ1n) is 9.71. The molecule has 0 bridgehead atoms. The molecule has 7 heteroatoms. The molecule has 148 valence electrons. The lowest BCUT2D eigenvalue weighted by Crippen LogP contribution is -2.48. The quantitative estimate of drug-likeness (QED) is 0.790. The Hall–Kier alpha value is -2.12. The smallest absolute Gasteiger partial charge is 0.415 e. The number of hydrogen-bond acceptors (Lipinski definition) is 6. The summed E-state index contributed by atoms with van der Waals surface area (Å²) in [5, 5.41) is 0. The summed E-state index contributed by atoms with van der Waals surface area (Å²) in [5.41, 5.74) is 6.89. The maximum atomic E-state index is 12.2. The second kappa shape index (κ2) is 9.19.